The van der Waals surface area contributed by atoms with E-state index >= 15 is 0 Å². The third-order valence-corrected chi connectivity index (χ3v) is 2.02. The fourth-order valence-corrected chi connectivity index (χ4v) is 1.13. The summed E-state index contributed by atoms with van der Waals surface area (Å²) in [6.07, 6.45) is 1.31. The van der Waals surface area contributed by atoms with Gasteiger partial charge in [0.2, 0.25) is 0 Å². The molecule has 0 rings (SSSR count). The highest BCUT2D eigenvalue weighted by Crippen LogP contribution is 2.01. The van der Waals surface area contributed by atoms with Gasteiger partial charge in [0.05, 0.1) is 12.7 Å². The van der Waals surface area contributed by atoms with E-state index in [1.807, 2.05) is 0 Å². The van der Waals surface area contributed by atoms with Crippen LogP contribution < -0.4 is 5.32 Å². The van der Waals surface area contributed by atoms with E-state index in [1.165, 1.54) is 0 Å². The summed E-state index contributed by atoms with van der Waals surface area (Å²) >= 11 is 0. The molecule has 0 aromatic heterocycles. The van der Waals surface area contributed by atoms with Gasteiger partial charge in [-0.05, 0) is 18.9 Å². The van der Waals surface area contributed by atoms with Crippen LogP contribution in [0.3, 0.4) is 0 Å². The molecule has 3 nitrogen and oxygen atoms in total. The minimum Gasteiger partial charge on any atom is -0.382 e. The first-order chi connectivity index (χ1) is 6.70. The van der Waals surface area contributed by atoms with Crippen LogP contribution in [0.5, 0.6) is 0 Å². The third-order valence-electron chi connectivity index (χ3n) is 2.02. The SMILES string of the molecule is CCNCC(COC)OCCC(C)C. The van der Waals surface area contributed by atoms with Crippen molar-refractivity contribution in [3.8, 4) is 0 Å². The summed E-state index contributed by atoms with van der Waals surface area (Å²) < 4.78 is 10.8. The van der Waals surface area contributed by atoms with E-state index in [1.54, 1.807) is 7.11 Å². The zero-order valence-corrected chi connectivity index (χ0v) is 10.0. The lowest BCUT2D eigenvalue weighted by molar-refractivity contribution is -0.00449. The van der Waals surface area contributed by atoms with E-state index in [0.717, 1.165) is 26.1 Å². The highest BCUT2D eigenvalue weighted by atomic mass is 16.5. The molecule has 3 heteroatoms. The fourth-order valence-electron chi connectivity index (χ4n) is 1.13. The Morgan fingerprint density at radius 3 is 2.50 bits per heavy atom. The van der Waals surface area contributed by atoms with Crippen LogP contribution in [0.4, 0.5) is 0 Å². The summed E-state index contributed by atoms with van der Waals surface area (Å²) in [5, 5.41) is 3.27. The van der Waals surface area contributed by atoms with Crippen LogP contribution in [0.15, 0.2) is 0 Å². The highest BCUT2D eigenvalue weighted by Gasteiger charge is 2.07. The molecule has 1 N–H and O–H groups in total. The Hall–Kier alpha value is -0.120. The summed E-state index contributed by atoms with van der Waals surface area (Å²) in [5.41, 5.74) is 0. The van der Waals surface area contributed by atoms with Gasteiger partial charge in [0.1, 0.15) is 0 Å². The molecule has 0 bridgehead atoms. The third kappa shape index (κ3) is 8.48. The second-order valence-corrected chi connectivity index (χ2v) is 3.94. The molecule has 0 aliphatic carbocycles. The largest absolute Gasteiger partial charge is 0.382 e. The maximum atomic E-state index is 5.71. The lowest BCUT2D eigenvalue weighted by Gasteiger charge is -2.17. The van der Waals surface area contributed by atoms with E-state index in [4.69, 9.17) is 9.47 Å². The molecule has 0 saturated heterocycles. The summed E-state index contributed by atoms with van der Waals surface area (Å²) in [6.45, 7) is 9.87. The van der Waals surface area contributed by atoms with Gasteiger partial charge in [-0.3, -0.25) is 0 Å². The van der Waals surface area contributed by atoms with Crippen molar-refractivity contribution in [2.24, 2.45) is 5.92 Å². The molecule has 0 aromatic carbocycles. The van der Waals surface area contributed by atoms with Crippen molar-refractivity contribution in [3.05, 3.63) is 0 Å². The van der Waals surface area contributed by atoms with Gasteiger partial charge in [-0.25, -0.2) is 0 Å². The zero-order valence-electron chi connectivity index (χ0n) is 10.0. The van der Waals surface area contributed by atoms with E-state index in [0.29, 0.717) is 12.5 Å². The Morgan fingerprint density at radius 2 is 2.00 bits per heavy atom. The molecular formula is C11H25NO2. The second kappa shape index (κ2) is 9.44. The van der Waals surface area contributed by atoms with Gasteiger partial charge < -0.3 is 14.8 Å². The number of likely N-dealkylation sites (N-methyl/N-ethyl adjacent to an activating group) is 1. The lowest BCUT2D eigenvalue weighted by Crippen LogP contribution is -2.33. The molecule has 14 heavy (non-hydrogen) atoms. The molecule has 1 atom stereocenters. The van der Waals surface area contributed by atoms with Crippen molar-refractivity contribution < 1.29 is 9.47 Å². The van der Waals surface area contributed by atoms with Crippen LogP contribution in [0.2, 0.25) is 0 Å². The summed E-state index contributed by atoms with van der Waals surface area (Å²) in [6, 6.07) is 0. The van der Waals surface area contributed by atoms with Gasteiger partial charge in [0.15, 0.2) is 0 Å². The topological polar surface area (TPSA) is 30.5 Å². The van der Waals surface area contributed by atoms with Gasteiger partial charge in [-0.1, -0.05) is 20.8 Å². The molecule has 86 valence electrons. The van der Waals surface area contributed by atoms with Crippen LogP contribution in [0.25, 0.3) is 0 Å². The molecule has 0 aliphatic heterocycles. The highest BCUT2D eigenvalue weighted by molar-refractivity contribution is 4.60. The standard InChI is InChI=1S/C11H25NO2/c1-5-12-8-11(9-13-4)14-7-6-10(2)3/h10-12H,5-9H2,1-4H3. The minimum absolute atomic E-state index is 0.193. The molecular weight excluding hydrogens is 178 g/mol. The Bertz CT molecular complexity index is 118. The summed E-state index contributed by atoms with van der Waals surface area (Å²) in [4.78, 5) is 0. The quantitative estimate of drug-likeness (QED) is 0.618. The monoisotopic (exact) mass is 203 g/mol. The number of ether oxygens (including phenoxy) is 2. The van der Waals surface area contributed by atoms with E-state index in [2.05, 4.69) is 26.1 Å². The number of hydrogen-bond donors (Lipinski definition) is 1. The van der Waals surface area contributed by atoms with Gasteiger partial charge in [-0.2, -0.15) is 0 Å². The predicted octanol–water partition coefficient (Wildman–Crippen LogP) is 1.67. The van der Waals surface area contributed by atoms with E-state index in [9.17, 15) is 0 Å². The maximum absolute atomic E-state index is 5.71. The van der Waals surface area contributed by atoms with E-state index in [-0.39, 0.29) is 6.10 Å². The van der Waals surface area contributed by atoms with Crippen molar-refractivity contribution in [2.45, 2.75) is 33.3 Å². The van der Waals surface area contributed by atoms with Crippen molar-refractivity contribution >= 4 is 0 Å². The normalized spacial score (nSPS) is 13.5. The first-order valence-electron chi connectivity index (χ1n) is 5.51. The molecule has 0 fully saturated rings. The van der Waals surface area contributed by atoms with Crippen LogP contribution in [0, 0.1) is 5.92 Å². The van der Waals surface area contributed by atoms with Gasteiger partial charge in [0.25, 0.3) is 0 Å². The molecule has 1 unspecified atom stereocenters. The average molecular weight is 203 g/mol. The number of methoxy groups -OCH3 is 1. The smallest absolute Gasteiger partial charge is 0.0932 e. The van der Waals surface area contributed by atoms with Crippen molar-refractivity contribution in [1.29, 1.82) is 0 Å². The van der Waals surface area contributed by atoms with Crippen molar-refractivity contribution in [1.82, 2.24) is 5.32 Å². The van der Waals surface area contributed by atoms with Crippen LogP contribution in [-0.2, 0) is 9.47 Å². The van der Waals surface area contributed by atoms with Crippen molar-refractivity contribution in [2.75, 3.05) is 33.4 Å². The number of rotatable bonds is 9. The summed E-state index contributed by atoms with van der Waals surface area (Å²) in [5.74, 6) is 0.706. The molecule has 0 heterocycles. The average Bonchev–Trinajstić information content (AvgIpc) is 2.13. The molecule has 0 radical (unpaired) electrons. The fraction of sp³-hybridized carbons (Fsp3) is 1.00. The predicted molar refractivity (Wildman–Crippen MR) is 59.6 cm³/mol. The molecule has 0 amide bonds. The lowest BCUT2D eigenvalue weighted by atomic mass is 10.1. The Morgan fingerprint density at radius 1 is 1.29 bits per heavy atom. The van der Waals surface area contributed by atoms with Gasteiger partial charge in [-0.15, -0.1) is 0 Å². The molecule has 0 saturated carbocycles. The van der Waals surface area contributed by atoms with Gasteiger partial charge in [0, 0.05) is 20.3 Å². The minimum atomic E-state index is 0.193. The Kier molecular flexibility index (Phi) is 9.35. The Balaban J connectivity index is 3.50. The summed E-state index contributed by atoms with van der Waals surface area (Å²) in [7, 11) is 1.71. The van der Waals surface area contributed by atoms with Crippen LogP contribution >= 0.6 is 0 Å². The second-order valence-electron chi connectivity index (χ2n) is 3.94. The Labute approximate surface area is 88.2 Å². The van der Waals surface area contributed by atoms with Gasteiger partial charge >= 0.3 is 0 Å². The van der Waals surface area contributed by atoms with E-state index < -0.39 is 0 Å². The first-order valence-corrected chi connectivity index (χ1v) is 5.51. The zero-order chi connectivity index (χ0) is 10.8. The number of nitrogens with one attached hydrogen (secondary N) is 1. The molecule has 0 aliphatic rings. The number of hydrogen-bond acceptors (Lipinski definition) is 3. The first kappa shape index (κ1) is 13.9. The van der Waals surface area contributed by atoms with Crippen molar-refractivity contribution in [3.63, 3.8) is 0 Å². The molecule has 0 spiro atoms. The molecule has 0 aromatic rings. The van der Waals surface area contributed by atoms with Crippen LogP contribution in [-0.4, -0.2) is 39.5 Å². The maximum Gasteiger partial charge on any atom is 0.0932 e. The van der Waals surface area contributed by atoms with Crippen LogP contribution in [0.1, 0.15) is 27.2 Å².